The predicted molar refractivity (Wildman–Crippen MR) is 181 cm³/mol. The smallest absolute Gasteiger partial charge is 0.253 e. The van der Waals surface area contributed by atoms with E-state index in [1.807, 2.05) is 88.3 Å². The van der Waals surface area contributed by atoms with Gasteiger partial charge in [-0.15, -0.1) is 0 Å². The summed E-state index contributed by atoms with van der Waals surface area (Å²) in [5, 5.41) is 7.02. The first-order chi connectivity index (χ1) is 22.6. The van der Waals surface area contributed by atoms with Crippen molar-refractivity contribution in [2.75, 3.05) is 23.7 Å². The second-order valence-electron chi connectivity index (χ2n) is 12.3. The van der Waals surface area contributed by atoms with Crippen molar-refractivity contribution in [1.29, 1.82) is 0 Å². The van der Waals surface area contributed by atoms with Crippen LogP contribution in [0.25, 0.3) is 16.9 Å². The Morgan fingerprint density at radius 2 is 1.67 bits per heavy atom. The molecule has 10 nitrogen and oxygen atoms in total. The summed E-state index contributed by atoms with van der Waals surface area (Å²) in [5.41, 5.74) is 11.0. The van der Waals surface area contributed by atoms with Gasteiger partial charge in [0.25, 0.3) is 5.91 Å². The van der Waals surface area contributed by atoms with E-state index in [-0.39, 0.29) is 18.0 Å². The molecule has 1 saturated carbocycles. The largest absolute Gasteiger partial charge is 0.489 e. The average molecular weight is 617 g/mol. The Labute approximate surface area is 269 Å². The van der Waals surface area contributed by atoms with Crippen LogP contribution in [0.1, 0.15) is 60.9 Å². The molecule has 236 valence electrons. The van der Waals surface area contributed by atoms with Crippen LogP contribution in [0.4, 0.5) is 17.5 Å². The van der Waals surface area contributed by atoms with Crippen molar-refractivity contribution in [3.05, 3.63) is 96.3 Å². The molecule has 0 spiro atoms. The van der Waals surface area contributed by atoms with E-state index in [0.29, 0.717) is 35.1 Å². The van der Waals surface area contributed by atoms with E-state index in [0.717, 1.165) is 74.3 Å². The van der Waals surface area contributed by atoms with Crippen LogP contribution in [0.15, 0.2) is 85.2 Å². The first-order valence-electron chi connectivity index (χ1n) is 16.3. The molecule has 0 atom stereocenters. The third-order valence-electron chi connectivity index (χ3n) is 8.88. The van der Waals surface area contributed by atoms with Crippen molar-refractivity contribution < 1.29 is 9.53 Å². The van der Waals surface area contributed by atoms with Crippen LogP contribution >= 0.6 is 0 Å². The fourth-order valence-electron chi connectivity index (χ4n) is 6.26. The number of piperidine rings is 1. The molecule has 0 unspecified atom stereocenters. The molecule has 1 amide bonds. The van der Waals surface area contributed by atoms with Crippen molar-refractivity contribution in [2.24, 2.45) is 5.73 Å². The number of amides is 1. The Hall–Kier alpha value is -4.96. The number of benzene rings is 3. The van der Waals surface area contributed by atoms with Crippen LogP contribution in [0.3, 0.4) is 0 Å². The van der Waals surface area contributed by atoms with Crippen molar-refractivity contribution in [1.82, 2.24) is 24.4 Å². The van der Waals surface area contributed by atoms with Crippen LogP contribution in [-0.2, 0) is 6.61 Å². The van der Waals surface area contributed by atoms with Gasteiger partial charge in [-0.1, -0.05) is 36.4 Å². The maximum Gasteiger partial charge on any atom is 0.253 e. The zero-order chi connectivity index (χ0) is 31.3. The zero-order valence-corrected chi connectivity index (χ0v) is 25.9. The van der Waals surface area contributed by atoms with Crippen LogP contribution in [0.5, 0.6) is 5.75 Å². The number of carbonyl (C=O) groups excluding carboxylic acids is 1. The predicted octanol–water partition coefficient (Wildman–Crippen LogP) is 6.45. The molecule has 10 heteroatoms. The summed E-state index contributed by atoms with van der Waals surface area (Å²) in [6, 6.07) is 26.1. The SMILES string of the molecule is NC1CCC(Nc2nc(Nc3ccc(C(=O)N4CCCCC4)cc3)c3ncn(-c4cccc(OCc5ccccc5)c4)c3n2)CC1. The fourth-order valence-corrected chi connectivity index (χ4v) is 6.26. The van der Waals surface area contributed by atoms with Crippen LogP contribution in [-0.4, -0.2) is 55.5 Å². The lowest BCUT2D eigenvalue weighted by Crippen LogP contribution is -2.35. The van der Waals surface area contributed by atoms with Crippen LogP contribution in [0.2, 0.25) is 0 Å². The summed E-state index contributed by atoms with van der Waals surface area (Å²) in [5.74, 6) is 1.96. The molecule has 3 aromatic carbocycles. The summed E-state index contributed by atoms with van der Waals surface area (Å²) in [4.78, 5) is 29.6. The van der Waals surface area contributed by atoms with E-state index in [1.54, 1.807) is 6.33 Å². The third-order valence-corrected chi connectivity index (χ3v) is 8.88. The van der Waals surface area contributed by atoms with Crippen molar-refractivity contribution in [2.45, 2.75) is 63.6 Å². The molecule has 0 bridgehead atoms. The van der Waals surface area contributed by atoms with Gasteiger partial charge < -0.3 is 26.0 Å². The van der Waals surface area contributed by atoms with E-state index in [4.69, 9.17) is 25.4 Å². The molecule has 2 aliphatic rings. The number of hydrogen-bond donors (Lipinski definition) is 3. The molecule has 1 saturated heterocycles. The van der Waals surface area contributed by atoms with Gasteiger partial charge >= 0.3 is 0 Å². The Morgan fingerprint density at radius 3 is 2.46 bits per heavy atom. The number of likely N-dealkylation sites (tertiary alicyclic amines) is 1. The highest BCUT2D eigenvalue weighted by molar-refractivity contribution is 5.95. The number of nitrogens with zero attached hydrogens (tertiary/aromatic N) is 5. The lowest BCUT2D eigenvalue weighted by atomic mass is 9.92. The van der Waals surface area contributed by atoms with E-state index >= 15 is 0 Å². The molecule has 1 aliphatic heterocycles. The zero-order valence-electron chi connectivity index (χ0n) is 25.9. The minimum atomic E-state index is 0.0862. The van der Waals surface area contributed by atoms with Gasteiger partial charge in [0.05, 0.1) is 5.69 Å². The Balaban J connectivity index is 1.17. The van der Waals surface area contributed by atoms with E-state index < -0.39 is 0 Å². The number of rotatable bonds is 9. The molecule has 7 rings (SSSR count). The number of aromatic nitrogens is 4. The van der Waals surface area contributed by atoms with Crippen LogP contribution in [0, 0.1) is 0 Å². The Morgan fingerprint density at radius 1 is 0.891 bits per heavy atom. The van der Waals surface area contributed by atoms with Crippen molar-refractivity contribution >= 4 is 34.5 Å². The molecule has 5 aromatic rings. The number of anilines is 3. The third kappa shape index (κ3) is 6.82. The van der Waals surface area contributed by atoms with Gasteiger partial charge in [0.2, 0.25) is 5.95 Å². The fraction of sp³-hybridized carbons (Fsp3) is 0.333. The molecule has 0 radical (unpaired) electrons. The number of fused-ring (bicyclic) bond motifs is 1. The molecule has 4 N–H and O–H groups in total. The van der Waals surface area contributed by atoms with Gasteiger partial charge in [-0.05, 0) is 86.9 Å². The maximum atomic E-state index is 13.0. The quantitative estimate of drug-likeness (QED) is 0.173. The lowest BCUT2D eigenvalue weighted by Gasteiger charge is -2.27. The van der Waals surface area contributed by atoms with Gasteiger partial charge in [0, 0.05) is 42.5 Å². The molecule has 46 heavy (non-hydrogen) atoms. The highest BCUT2D eigenvalue weighted by atomic mass is 16.5. The van der Waals surface area contributed by atoms with Crippen molar-refractivity contribution in [3.63, 3.8) is 0 Å². The van der Waals surface area contributed by atoms with E-state index in [9.17, 15) is 4.79 Å². The highest BCUT2D eigenvalue weighted by Gasteiger charge is 2.22. The molecule has 2 aromatic heterocycles. The number of nitrogens with one attached hydrogen (secondary N) is 2. The number of hydrogen-bond acceptors (Lipinski definition) is 8. The topological polar surface area (TPSA) is 123 Å². The summed E-state index contributed by atoms with van der Waals surface area (Å²) < 4.78 is 8.07. The number of carbonyl (C=O) groups is 1. The standard InChI is InChI=1S/C36H40N8O2/c37-27-14-18-29(19-15-27)40-36-41-33(39-28-16-12-26(13-17-28)35(45)43-20-5-2-6-21-43)32-34(42-36)44(24-38-32)30-10-7-11-31(22-30)46-23-25-8-3-1-4-9-25/h1,3-4,7-13,16-17,22,24,27,29H,2,5-6,14-15,18-21,23,37H2,(H2,39,40,41,42). The normalized spacial score (nSPS) is 18.3. The second kappa shape index (κ2) is 13.6. The number of nitrogens with two attached hydrogens (primary N) is 1. The van der Waals surface area contributed by atoms with Gasteiger partial charge in [-0.2, -0.15) is 9.97 Å². The monoisotopic (exact) mass is 616 g/mol. The van der Waals surface area contributed by atoms with Gasteiger partial charge in [0.1, 0.15) is 18.7 Å². The first-order valence-corrected chi connectivity index (χ1v) is 16.3. The number of imidazole rings is 1. The highest BCUT2D eigenvalue weighted by Crippen LogP contribution is 2.29. The minimum Gasteiger partial charge on any atom is -0.489 e. The average Bonchev–Trinajstić information content (AvgIpc) is 3.54. The summed E-state index contributed by atoms with van der Waals surface area (Å²) >= 11 is 0. The molecule has 2 fully saturated rings. The number of ether oxygens (including phenoxy) is 1. The Kier molecular flexibility index (Phi) is 8.78. The van der Waals surface area contributed by atoms with Gasteiger partial charge in [-0.25, -0.2) is 4.98 Å². The molecule has 3 heterocycles. The summed E-state index contributed by atoms with van der Waals surface area (Å²) in [7, 11) is 0. The second-order valence-corrected chi connectivity index (χ2v) is 12.3. The maximum absolute atomic E-state index is 13.0. The van der Waals surface area contributed by atoms with Gasteiger partial charge in [-0.3, -0.25) is 9.36 Å². The molecular formula is C36H40N8O2. The minimum absolute atomic E-state index is 0.0862. The van der Waals surface area contributed by atoms with E-state index in [1.165, 1.54) is 6.42 Å². The van der Waals surface area contributed by atoms with Gasteiger partial charge in [0.15, 0.2) is 17.0 Å². The molecule has 1 aliphatic carbocycles. The Bertz CT molecular complexity index is 1780. The van der Waals surface area contributed by atoms with Crippen molar-refractivity contribution in [3.8, 4) is 11.4 Å². The first kappa shape index (κ1) is 29.7. The van der Waals surface area contributed by atoms with E-state index in [2.05, 4.69) is 10.6 Å². The van der Waals surface area contributed by atoms with Crippen LogP contribution < -0.4 is 21.1 Å². The lowest BCUT2D eigenvalue weighted by molar-refractivity contribution is 0.0724. The summed E-state index contributed by atoms with van der Waals surface area (Å²) in [6.07, 6.45) is 8.98. The molecular weight excluding hydrogens is 576 g/mol. The summed E-state index contributed by atoms with van der Waals surface area (Å²) in [6.45, 7) is 2.13.